The van der Waals surface area contributed by atoms with E-state index in [0.717, 1.165) is 12.1 Å². The second kappa shape index (κ2) is 6.01. The number of nitrogens with zero attached hydrogens (tertiary/aromatic N) is 1. The number of ketones is 1. The molecule has 108 valence electrons. The molecule has 2 aromatic carbocycles. The Hall–Kier alpha value is -2.28. The number of benzene rings is 2. The maximum absolute atomic E-state index is 13.2. The topological polar surface area (TPSA) is 69.4 Å². The molecular weight excluding hydrogens is 345 g/mol. The van der Waals surface area contributed by atoms with Crippen LogP contribution in [-0.2, 0) is 0 Å². The zero-order chi connectivity index (χ0) is 15.6. The smallest absolute Gasteiger partial charge is 0.270 e. The van der Waals surface area contributed by atoms with Crippen molar-refractivity contribution in [3.05, 3.63) is 62.4 Å². The summed E-state index contributed by atoms with van der Waals surface area (Å²) in [5.41, 5.74) is -0.161. The third-order valence-corrected chi connectivity index (χ3v) is 3.32. The fourth-order valence-corrected chi connectivity index (χ4v) is 2.00. The van der Waals surface area contributed by atoms with Gasteiger partial charge in [0, 0.05) is 18.2 Å². The summed E-state index contributed by atoms with van der Waals surface area (Å²) in [6.45, 7) is 1.27. The van der Waals surface area contributed by atoms with E-state index in [9.17, 15) is 19.3 Å². The first kappa shape index (κ1) is 15.1. The maximum atomic E-state index is 13.2. The number of halogens is 2. The normalized spacial score (nSPS) is 10.2. The molecule has 0 fully saturated rings. The van der Waals surface area contributed by atoms with Gasteiger partial charge in [-0.05, 0) is 41.1 Å². The van der Waals surface area contributed by atoms with Gasteiger partial charge in [0.25, 0.3) is 5.69 Å². The van der Waals surface area contributed by atoms with Crippen LogP contribution in [0.15, 0.2) is 40.9 Å². The van der Waals surface area contributed by atoms with Crippen LogP contribution in [0, 0.1) is 15.9 Å². The summed E-state index contributed by atoms with van der Waals surface area (Å²) in [5.74, 6) is -0.591. The van der Waals surface area contributed by atoms with Crippen LogP contribution in [-0.4, -0.2) is 10.7 Å². The summed E-state index contributed by atoms with van der Waals surface area (Å²) in [4.78, 5) is 21.7. The summed E-state index contributed by atoms with van der Waals surface area (Å²) in [5, 5.41) is 10.7. The fourth-order valence-electron chi connectivity index (χ4n) is 1.67. The van der Waals surface area contributed by atoms with Gasteiger partial charge in [0.2, 0.25) is 0 Å². The highest BCUT2D eigenvalue weighted by atomic mass is 79.9. The molecule has 0 spiro atoms. The van der Waals surface area contributed by atoms with E-state index in [1.165, 1.54) is 31.2 Å². The molecule has 7 heteroatoms. The zero-order valence-corrected chi connectivity index (χ0v) is 12.4. The molecule has 21 heavy (non-hydrogen) atoms. The lowest BCUT2D eigenvalue weighted by Crippen LogP contribution is -1.99. The Bertz CT molecular complexity index is 733. The van der Waals surface area contributed by atoms with Gasteiger partial charge in [-0.3, -0.25) is 14.9 Å². The monoisotopic (exact) mass is 353 g/mol. The minimum absolute atomic E-state index is 0.0559. The average Bonchev–Trinajstić information content (AvgIpc) is 2.42. The number of non-ortho nitro benzene ring substituents is 1. The van der Waals surface area contributed by atoms with E-state index in [4.69, 9.17) is 4.74 Å². The number of carbonyl (C=O) groups is 1. The van der Waals surface area contributed by atoms with Crippen molar-refractivity contribution in [3.63, 3.8) is 0 Å². The second-order valence-electron chi connectivity index (χ2n) is 4.17. The molecule has 0 atom stereocenters. The summed E-state index contributed by atoms with van der Waals surface area (Å²) >= 11 is 3.20. The summed E-state index contributed by atoms with van der Waals surface area (Å²) in [7, 11) is 0. The van der Waals surface area contributed by atoms with Gasteiger partial charge in [-0.2, -0.15) is 0 Å². The number of nitro groups is 1. The van der Waals surface area contributed by atoms with Gasteiger partial charge in [0.1, 0.15) is 17.3 Å². The molecule has 0 aliphatic rings. The molecule has 0 bridgehead atoms. The Morgan fingerprint density at radius 1 is 1.24 bits per heavy atom. The van der Waals surface area contributed by atoms with Crippen LogP contribution >= 0.6 is 15.9 Å². The van der Waals surface area contributed by atoms with Gasteiger partial charge >= 0.3 is 0 Å². The third-order valence-electron chi connectivity index (χ3n) is 2.67. The Morgan fingerprint density at radius 2 is 1.95 bits per heavy atom. The van der Waals surface area contributed by atoms with Crippen LogP contribution in [0.5, 0.6) is 11.5 Å². The highest BCUT2D eigenvalue weighted by molar-refractivity contribution is 9.10. The molecule has 0 aliphatic heterocycles. The third kappa shape index (κ3) is 3.43. The second-order valence-corrected chi connectivity index (χ2v) is 5.02. The van der Waals surface area contributed by atoms with E-state index >= 15 is 0 Å². The van der Waals surface area contributed by atoms with Gasteiger partial charge in [-0.1, -0.05) is 0 Å². The quantitative estimate of drug-likeness (QED) is 0.461. The number of nitro benzene ring substituents is 1. The van der Waals surface area contributed by atoms with Crippen LogP contribution < -0.4 is 4.74 Å². The fraction of sp³-hybridized carbons (Fsp3) is 0.0714. The van der Waals surface area contributed by atoms with E-state index < -0.39 is 10.7 Å². The maximum Gasteiger partial charge on any atom is 0.270 e. The average molecular weight is 354 g/mol. The van der Waals surface area contributed by atoms with Crippen molar-refractivity contribution in [2.45, 2.75) is 6.92 Å². The molecule has 2 rings (SSSR count). The molecule has 0 saturated carbocycles. The van der Waals surface area contributed by atoms with Crippen LogP contribution in [0.1, 0.15) is 17.3 Å². The van der Waals surface area contributed by atoms with Crippen molar-refractivity contribution in [1.29, 1.82) is 0 Å². The van der Waals surface area contributed by atoms with Crippen molar-refractivity contribution in [2.75, 3.05) is 0 Å². The number of Topliss-reactive ketones (excluding diaryl/α,β-unsaturated/α-hetero) is 1. The van der Waals surface area contributed by atoms with Gasteiger partial charge < -0.3 is 4.74 Å². The minimum atomic E-state index is -0.603. The van der Waals surface area contributed by atoms with Gasteiger partial charge in [0.05, 0.1) is 15.0 Å². The van der Waals surface area contributed by atoms with Crippen molar-refractivity contribution >= 4 is 27.4 Å². The Morgan fingerprint density at radius 3 is 2.57 bits per heavy atom. The summed E-state index contributed by atoms with van der Waals surface area (Å²) < 4.78 is 19.2. The van der Waals surface area contributed by atoms with E-state index in [1.54, 1.807) is 0 Å². The molecule has 0 saturated heterocycles. The molecule has 0 heterocycles. The number of rotatable bonds is 4. The van der Waals surface area contributed by atoms with Crippen LogP contribution in [0.2, 0.25) is 0 Å². The van der Waals surface area contributed by atoms with Crippen molar-refractivity contribution < 1.29 is 18.8 Å². The first-order valence-corrected chi connectivity index (χ1v) is 6.60. The summed E-state index contributed by atoms with van der Waals surface area (Å²) in [6, 6.07) is 7.52. The standard InChI is InChI=1S/C14H9BrFNO4/c1-8(18)11-7-10(17(19)20)3-5-13(11)21-14-6-9(16)2-4-12(14)15/h2-7H,1H3. The lowest BCUT2D eigenvalue weighted by atomic mass is 10.1. The minimum Gasteiger partial charge on any atom is -0.455 e. The largest absolute Gasteiger partial charge is 0.455 e. The van der Waals surface area contributed by atoms with Crippen molar-refractivity contribution in [1.82, 2.24) is 0 Å². The Balaban J connectivity index is 2.46. The van der Waals surface area contributed by atoms with Gasteiger partial charge in [-0.25, -0.2) is 4.39 Å². The van der Waals surface area contributed by atoms with Crippen LogP contribution in [0.25, 0.3) is 0 Å². The molecule has 2 aromatic rings. The Labute approximate surface area is 127 Å². The molecule has 0 amide bonds. The number of hydrogen-bond acceptors (Lipinski definition) is 4. The van der Waals surface area contributed by atoms with E-state index in [2.05, 4.69) is 15.9 Å². The van der Waals surface area contributed by atoms with Crippen LogP contribution in [0.3, 0.4) is 0 Å². The first-order chi connectivity index (χ1) is 9.88. The predicted octanol–water partition coefficient (Wildman–Crippen LogP) is 4.49. The molecular formula is C14H9BrFNO4. The van der Waals surface area contributed by atoms with Crippen molar-refractivity contribution in [2.24, 2.45) is 0 Å². The highest BCUT2D eigenvalue weighted by Gasteiger charge is 2.16. The van der Waals surface area contributed by atoms with Crippen molar-refractivity contribution in [3.8, 4) is 11.5 Å². The SMILES string of the molecule is CC(=O)c1cc([N+](=O)[O-])ccc1Oc1cc(F)ccc1Br. The Kier molecular flexibility index (Phi) is 4.32. The van der Waals surface area contributed by atoms with E-state index in [0.29, 0.717) is 4.47 Å². The number of hydrogen-bond donors (Lipinski definition) is 0. The first-order valence-electron chi connectivity index (χ1n) is 5.81. The van der Waals surface area contributed by atoms with E-state index in [-0.39, 0.29) is 28.5 Å². The summed E-state index contributed by atoms with van der Waals surface area (Å²) in [6.07, 6.45) is 0. The lowest BCUT2D eigenvalue weighted by molar-refractivity contribution is -0.384. The molecule has 0 N–H and O–H groups in total. The predicted molar refractivity (Wildman–Crippen MR) is 77.3 cm³/mol. The lowest BCUT2D eigenvalue weighted by Gasteiger charge is -2.10. The molecule has 0 aromatic heterocycles. The number of ether oxygens (including phenoxy) is 1. The van der Waals surface area contributed by atoms with E-state index in [1.807, 2.05) is 0 Å². The van der Waals surface area contributed by atoms with Crippen LogP contribution in [0.4, 0.5) is 10.1 Å². The molecule has 0 radical (unpaired) electrons. The highest BCUT2D eigenvalue weighted by Crippen LogP contribution is 2.33. The van der Waals surface area contributed by atoms with Gasteiger partial charge in [0.15, 0.2) is 5.78 Å². The molecule has 5 nitrogen and oxygen atoms in total. The zero-order valence-electron chi connectivity index (χ0n) is 10.8. The molecule has 0 unspecified atom stereocenters. The number of carbonyl (C=O) groups excluding carboxylic acids is 1. The molecule has 0 aliphatic carbocycles. The van der Waals surface area contributed by atoms with Gasteiger partial charge in [-0.15, -0.1) is 0 Å².